The molecule has 176 valence electrons. The Balaban J connectivity index is 1.50. The molecule has 0 spiro atoms. The van der Waals surface area contributed by atoms with Crippen LogP contribution < -0.4 is 10.7 Å². The number of nitrogens with one attached hydrogen (secondary N) is 2. The highest BCUT2D eigenvalue weighted by Crippen LogP contribution is 2.18. The van der Waals surface area contributed by atoms with Gasteiger partial charge in [-0.1, -0.05) is 42.3 Å². The molecule has 1 aliphatic rings. The number of halogens is 2. The highest BCUT2D eigenvalue weighted by atomic mass is 35.5. The minimum atomic E-state index is -0.495. The summed E-state index contributed by atoms with van der Waals surface area (Å²) in [5, 5.41) is 7.10. The lowest BCUT2D eigenvalue weighted by molar-refractivity contribution is -0.127. The SMILES string of the molecule is O=C(NCCCCC(C(=O)N/N=C/c1c(F)cccc1Cl)N1CCCCC1)c1ccccc1. The fraction of sp³-hybridized carbons (Fsp3) is 0.400. The molecule has 1 aliphatic heterocycles. The number of rotatable bonds is 10. The van der Waals surface area contributed by atoms with Gasteiger partial charge in [-0.05, 0) is 69.5 Å². The quantitative estimate of drug-likeness (QED) is 0.306. The zero-order valence-electron chi connectivity index (χ0n) is 18.6. The van der Waals surface area contributed by atoms with E-state index in [1.54, 1.807) is 18.2 Å². The number of likely N-dealkylation sites (tertiary alicyclic amines) is 1. The topological polar surface area (TPSA) is 73.8 Å². The first-order valence-electron chi connectivity index (χ1n) is 11.4. The van der Waals surface area contributed by atoms with E-state index in [0.717, 1.165) is 38.8 Å². The molecule has 0 saturated carbocycles. The standard InChI is InChI=1S/C25H30ClFN4O2/c26-21-12-9-13-22(27)20(21)18-29-30-25(33)23(31-16-7-2-8-17-31)14-5-6-15-28-24(32)19-10-3-1-4-11-19/h1,3-4,9-13,18,23H,2,5-8,14-17H2,(H,28,32)(H,30,33)/b29-18+. The Labute approximate surface area is 199 Å². The zero-order chi connectivity index (χ0) is 23.5. The van der Waals surface area contributed by atoms with Crippen molar-refractivity contribution in [3.8, 4) is 0 Å². The van der Waals surface area contributed by atoms with Gasteiger partial charge in [0.2, 0.25) is 0 Å². The molecule has 0 bridgehead atoms. The number of benzene rings is 2. The van der Waals surface area contributed by atoms with Gasteiger partial charge in [0, 0.05) is 17.7 Å². The van der Waals surface area contributed by atoms with E-state index >= 15 is 0 Å². The Kier molecular flexibility index (Phi) is 9.84. The zero-order valence-corrected chi connectivity index (χ0v) is 19.4. The predicted molar refractivity (Wildman–Crippen MR) is 129 cm³/mol. The molecule has 8 heteroatoms. The van der Waals surface area contributed by atoms with Gasteiger partial charge in [0.05, 0.1) is 17.3 Å². The van der Waals surface area contributed by atoms with Crippen molar-refractivity contribution in [3.05, 3.63) is 70.5 Å². The van der Waals surface area contributed by atoms with Crippen molar-refractivity contribution >= 4 is 29.6 Å². The van der Waals surface area contributed by atoms with Gasteiger partial charge < -0.3 is 5.32 Å². The molecule has 1 fully saturated rings. The van der Waals surface area contributed by atoms with Crippen LogP contribution in [-0.2, 0) is 4.79 Å². The van der Waals surface area contributed by atoms with Crippen LogP contribution in [0, 0.1) is 5.82 Å². The number of unbranched alkanes of at least 4 members (excludes halogenated alkanes) is 1. The first kappa shape index (κ1) is 24.9. The van der Waals surface area contributed by atoms with Crippen LogP contribution in [0.1, 0.15) is 54.4 Å². The normalized spacial score (nSPS) is 15.3. The lowest BCUT2D eigenvalue weighted by atomic mass is 10.0. The van der Waals surface area contributed by atoms with E-state index in [1.807, 2.05) is 18.2 Å². The highest BCUT2D eigenvalue weighted by molar-refractivity contribution is 6.33. The second-order valence-corrected chi connectivity index (χ2v) is 8.51. The van der Waals surface area contributed by atoms with E-state index in [2.05, 4.69) is 20.7 Å². The van der Waals surface area contributed by atoms with E-state index in [9.17, 15) is 14.0 Å². The summed E-state index contributed by atoms with van der Waals surface area (Å²) < 4.78 is 13.9. The number of carbonyl (C=O) groups excluding carboxylic acids is 2. The minimum absolute atomic E-state index is 0.0953. The molecule has 0 aliphatic carbocycles. The number of hydrogen-bond acceptors (Lipinski definition) is 4. The highest BCUT2D eigenvalue weighted by Gasteiger charge is 2.26. The summed E-state index contributed by atoms with van der Waals surface area (Å²) in [6.45, 7) is 2.28. The van der Waals surface area contributed by atoms with Gasteiger partial charge in [-0.3, -0.25) is 14.5 Å². The number of carbonyl (C=O) groups is 2. The van der Waals surface area contributed by atoms with E-state index in [1.165, 1.54) is 24.8 Å². The second-order valence-electron chi connectivity index (χ2n) is 8.10. The number of hydrogen-bond donors (Lipinski definition) is 2. The van der Waals surface area contributed by atoms with Crippen molar-refractivity contribution in [1.29, 1.82) is 0 Å². The average molecular weight is 473 g/mol. The van der Waals surface area contributed by atoms with Crippen LogP contribution in [0.3, 0.4) is 0 Å². The summed E-state index contributed by atoms with van der Waals surface area (Å²) in [6.07, 6.45) is 6.73. The molecule has 1 saturated heterocycles. The van der Waals surface area contributed by atoms with Gasteiger partial charge in [-0.2, -0.15) is 5.10 Å². The van der Waals surface area contributed by atoms with Crippen LogP contribution in [-0.4, -0.2) is 48.6 Å². The monoisotopic (exact) mass is 472 g/mol. The van der Waals surface area contributed by atoms with Gasteiger partial charge in [0.1, 0.15) is 5.82 Å². The molecule has 3 rings (SSSR count). The molecule has 2 aromatic carbocycles. The molecule has 0 aromatic heterocycles. The summed E-state index contributed by atoms with van der Waals surface area (Å²) in [5.41, 5.74) is 3.33. The van der Waals surface area contributed by atoms with Crippen molar-refractivity contribution in [2.75, 3.05) is 19.6 Å². The Hall–Kier alpha value is -2.77. The summed E-state index contributed by atoms with van der Waals surface area (Å²) >= 11 is 6.01. The van der Waals surface area contributed by atoms with Gasteiger partial charge in [0.25, 0.3) is 11.8 Å². The van der Waals surface area contributed by atoms with Crippen LogP contribution in [0.4, 0.5) is 4.39 Å². The van der Waals surface area contributed by atoms with Gasteiger partial charge in [-0.15, -0.1) is 0 Å². The largest absolute Gasteiger partial charge is 0.352 e. The lowest BCUT2D eigenvalue weighted by Gasteiger charge is -2.33. The average Bonchev–Trinajstić information content (AvgIpc) is 2.84. The van der Waals surface area contributed by atoms with Crippen LogP contribution in [0.2, 0.25) is 5.02 Å². The predicted octanol–water partition coefficient (Wildman–Crippen LogP) is 4.38. The Morgan fingerprint density at radius 3 is 2.55 bits per heavy atom. The summed E-state index contributed by atoms with van der Waals surface area (Å²) in [5.74, 6) is -0.804. The molecule has 2 aromatic rings. The van der Waals surface area contributed by atoms with E-state index in [-0.39, 0.29) is 28.4 Å². The molecule has 1 heterocycles. The maximum Gasteiger partial charge on any atom is 0.257 e. The van der Waals surface area contributed by atoms with Crippen molar-refractivity contribution in [2.45, 2.75) is 44.6 Å². The first-order chi connectivity index (χ1) is 16.1. The molecular weight excluding hydrogens is 443 g/mol. The Bertz CT molecular complexity index is 928. The van der Waals surface area contributed by atoms with E-state index in [4.69, 9.17) is 11.6 Å². The maximum atomic E-state index is 13.9. The fourth-order valence-corrected chi connectivity index (χ4v) is 4.15. The Morgan fingerprint density at radius 2 is 1.82 bits per heavy atom. The molecule has 0 radical (unpaired) electrons. The van der Waals surface area contributed by atoms with Crippen LogP contribution in [0.25, 0.3) is 0 Å². The number of piperidine rings is 1. The lowest BCUT2D eigenvalue weighted by Crippen LogP contribution is -2.47. The molecule has 2 amide bonds. The van der Waals surface area contributed by atoms with Crippen LogP contribution >= 0.6 is 11.6 Å². The molecule has 2 N–H and O–H groups in total. The van der Waals surface area contributed by atoms with Gasteiger partial charge >= 0.3 is 0 Å². The molecule has 33 heavy (non-hydrogen) atoms. The summed E-state index contributed by atoms with van der Waals surface area (Å²) in [7, 11) is 0. The second kappa shape index (κ2) is 13.1. The summed E-state index contributed by atoms with van der Waals surface area (Å²) in [6, 6.07) is 13.2. The van der Waals surface area contributed by atoms with Crippen molar-refractivity contribution < 1.29 is 14.0 Å². The van der Waals surface area contributed by atoms with E-state index in [0.29, 0.717) is 18.5 Å². The van der Waals surface area contributed by atoms with Crippen LogP contribution in [0.5, 0.6) is 0 Å². The molecule has 1 atom stereocenters. The molecule has 6 nitrogen and oxygen atoms in total. The number of nitrogens with zero attached hydrogens (tertiary/aromatic N) is 2. The molecule has 1 unspecified atom stereocenters. The number of amides is 2. The third-order valence-electron chi connectivity index (χ3n) is 5.73. The van der Waals surface area contributed by atoms with Crippen molar-refractivity contribution in [3.63, 3.8) is 0 Å². The van der Waals surface area contributed by atoms with Crippen molar-refractivity contribution in [1.82, 2.24) is 15.6 Å². The fourth-order valence-electron chi connectivity index (χ4n) is 3.93. The smallest absolute Gasteiger partial charge is 0.257 e. The molecular formula is C25H30ClFN4O2. The Morgan fingerprint density at radius 1 is 1.06 bits per heavy atom. The summed E-state index contributed by atoms with van der Waals surface area (Å²) in [4.78, 5) is 27.2. The third kappa shape index (κ3) is 7.65. The maximum absolute atomic E-state index is 13.9. The minimum Gasteiger partial charge on any atom is -0.352 e. The first-order valence-corrected chi connectivity index (χ1v) is 11.8. The van der Waals surface area contributed by atoms with Crippen LogP contribution in [0.15, 0.2) is 53.6 Å². The van der Waals surface area contributed by atoms with Gasteiger partial charge in [-0.25, -0.2) is 9.82 Å². The number of hydrazone groups is 1. The van der Waals surface area contributed by atoms with Gasteiger partial charge in [0.15, 0.2) is 0 Å². The third-order valence-corrected chi connectivity index (χ3v) is 6.06. The van der Waals surface area contributed by atoms with E-state index < -0.39 is 5.82 Å². The van der Waals surface area contributed by atoms with Crippen molar-refractivity contribution in [2.24, 2.45) is 5.10 Å².